The molecule has 0 saturated carbocycles. The van der Waals surface area contributed by atoms with Crippen molar-refractivity contribution in [1.82, 2.24) is 15.5 Å². The maximum absolute atomic E-state index is 11.6. The Bertz CT molecular complexity index is 384. The Labute approximate surface area is 115 Å². The van der Waals surface area contributed by atoms with Gasteiger partial charge in [-0.1, -0.05) is 6.92 Å². The fourth-order valence-electron chi connectivity index (χ4n) is 1.24. The van der Waals surface area contributed by atoms with Crippen molar-refractivity contribution in [3.63, 3.8) is 0 Å². The third-order valence-corrected chi connectivity index (χ3v) is 2.27. The van der Waals surface area contributed by atoms with Gasteiger partial charge in [-0.2, -0.15) is 0 Å². The van der Waals surface area contributed by atoms with Gasteiger partial charge in [0.25, 0.3) is 0 Å². The van der Waals surface area contributed by atoms with E-state index in [1.54, 1.807) is 0 Å². The van der Waals surface area contributed by atoms with Crippen molar-refractivity contribution >= 4 is 23.9 Å². The number of aliphatic carboxylic acids is 2. The molecule has 0 aromatic carbocycles. The van der Waals surface area contributed by atoms with Gasteiger partial charge >= 0.3 is 18.0 Å². The Morgan fingerprint density at radius 3 is 2.25 bits per heavy atom. The van der Waals surface area contributed by atoms with Crippen LogP contribution in [0.4, 0.5) is 4.79 Å². The number of hydrogen-bond donors (Lipinski definition) is 4. The molecule has 0 aromatic rings. The molecule has 0 saturated heterocycles. The van der Waals surface area contributed by atoms with E-state index in [-0.39, 0.29) is 12.5 Å². The molecule has 0 bridgehead atoms. The number of nitrogens with one attached hydrogen (secondary N) is 2. The molecular weight excluding hydrogens is 270 g/mol. The molecule has 0 fully saturated rings. The van der Waals surface area contributed by atoms with Crippen LogP contribution >= 0.6 is 0 Å². The zero-order chi connectivity index (χ0) is 15.7. The topological polar surface area (TPSA) is 136 Å². The lowest BCUT2D eigenvalue weighted by molar-refractivity contribution is -0.145. The summed E-state index contributed by atoms with van der Waals surface area (Å²) in [6.45, 7) is 2.11. The van der Waals surface area contributed by atoms with E-state index in [1.165, 1.54) is 7.05 Å². The smallest absolute Gasteiger partial charge is 0.326 e. The first-order valence-corrected chi connectivity index (χ1v) is 6.00. The predicted molar refractivity (Wildman–Crippen MR) is 68.1 cm³/mol. The standard InChI is InChI=1S/C11H19N3O6/c1-3-4-12-8(15)6-14(2)11(20)13-7(10(18)19)5-9(16)17/h7H,3-6H2,1-2H3,(H,12,15)(H,13,20)(H,16,17)(H,18,19)/t7-/m0/s1. The molecule has 1 atom stereocenters. The number of rotatable bonds is 8. The van der Waals surface area contributed by atoms with E-state index in [0.29, 0.717) is 6.54 Å². The van der Waals surface area contributed by atoms with E-state index in [4.69, 9.17) is 10.2 Å². The molecule has 0 heterocycles. The molecule has 114 valence electrons. The minimum Gasteiger partial charge on any atom is -0.481 e. The normalized spacial score (nSPS) is 11.3. The van der Waals surface area contributed by atoms with Crippen LogP contribution in [0, 0.1) is 0 Å². The van der Waals surface area contributed by atoms with Crippen LogP contribution in [-0.2, 0) is 14.4 Å². The average molecular weight is 289 g/mol. The molecule has 3 amide bonds. The summed E-state index contributed by atoms with van der Waals surface area (Å²) in [6.07, 6.45) is 0.0122. The average Bonchev–Trinajstić information content (AvgIpc) is 2.34. The van der Waals surface area contributed by atoms with E-state index in [2.05, 4.69) is 5.32 Å². The van der Waals surface area contributed by atoms with Crippen LogP contribution in [-0.4, -0.2) is 65.2 Å². The molecule has 0 aliphatic rings. The molecule has 20 heavy (non-hydrogen) atoms. The molecule has 0 rings (SSSR count). The zero-order valence-corrected chi connectivity index (χ0v) is 11.4. The van der Waals surface area contributed by atoms with Gasteiger partial charge in [-0.15, -0.1) is 0 Å². The lowest BCUT2D eigenvalue weighted by Gasteiger charge is -2.20. The number of nitrogens with zero attached hydrogens (tertiary/aromatic N) is 1. The summed E-state index contributed by atoms with van der Waals surface area (Å²) in [7, 11) is 1.31. The fourth-order valence-corrected chi connectivity index (χ4v) is 1.24. The van der Waals surface area contributed by atoms with Crippen LogP contribution < -0.4 is 10.6 Å². The van der Waals surface area contributed by atoms with E-state index in [0.717, 1.165) is 11.3 Å². The van der Waals surface area contributed by atoms with Gasteiger partial charge in [0.05, 0.1) is 6.42 Å². The second-order valence-electron chi connectivity index (χ2n) is 4.14. The molecule has 9 nitrogen and oxygen atoms in total. The Morgan fingerprint density at radius 2 is 1.80 bits per heavy atom. The van der Waals surface area contributed by atoms with Gasteiger partial charge in [-0.05, 0) is 6.42 Å². The van der Waals surface area contributed by atoms with Crippen LogP contribution in [0.5, 0.6) is 0 Å². The quantitative estimate of drug-likeness (QED) is 0.456. The molecule has 0 aliphatic heterocycles. The van der Waals surface area contributed by atoms with Crippen molar-refractivity contribution in [2.24, 2.45) is 0 Å². The fraction of sp³-hybridized carbons (Fsp3) is 0.636. The summed E-state index contributed by atoms with van der Waals surface area (Å²) in [4.78, 5) is 45.2. The number of carbonyl (C=O) groups is 4. The maximum Gasteiger partial charge on any atom is 0.326 e. The molecule has 0 aliphatic carbocycles. The summed E-state index contributed by atoms with van der Waals surface area (Å²) >= 11 is 0. The Kier molecular flexibility index (Phi) is 7.71. The van der Waals surface area contributed by atoms with E-state index in [1.807, 2.05) is 12.2 Å². The van der Waals surface area contributed by atoms with Gasteiger partial charge in [0, 0.05) is 13.6 Å². The summed E-state index contributed by atoms with van der Waals surface area (Å²) in [6, 6.07) is -2.37. The van der Waals surface area contributed by atoms with Crippen molar-refractivity contribution in [2.75, 3.05) is 20.1 Å². The largest absolute Gasteiger partial charge is 0.481 e. The van der Waals surface area contributed by atoms with Gasteiger partial charge < -0.3 is 25.7 Å². The first kappa shape index (κ1) is 17.7. The Morgan fingerprint density at radius 1 is 1.20 bits per heavy atom. The number of carboxylic acid groups (broad SMARTS) is 2. The molecule has 0 unspecified atom stereocenters. The van der Waals surface area contributed by atoms with Crippen molar-refractivity contribution < 1.29 is 29.4 Å². The van der Waals surface area contributed by atoms with Gasteiger partial charge in [-0.25, -0.2) is 9.59 Å². The number of carbonyl (C=O) groups excluding carboxylic acids is 2. The number of hydrogen-bond acceptors (Lipinski definition) is 4. The molecule has 9 heteroatoms. The lowest BCUT2D eigenvalue weighted by atomic mass is 10.2. The molecule has 0 spiro atoms. The van der Waals surface area contributed by atoms with E-state index < -0.39 is 30.4 Å². The molecular formula is C11H19N3O6. The molecule has 4 N–H and O–H groups in total. The van der Waals surface area contributed by atoms with Gasteiger partial charge in [0.1, 0.15) is 12.6 Å². The van der Waals surface area contributed by atoms with Crippen molar-refractivity contribution in [3.05, 3.63) is 0 Å². The first-order chi connectivity index (χ1) is 9.27. The number of carboxylic acids is 2. The second kappa shape index (κ2) is 8.73. The Balaban J connectivity index is 4.38. The minimum atomic E-state index is -1.54. The Hall–Kier alpha value is -2.32. The zero-order valence-electron chi connectivity index (χ0n) is 11.4. The van der Waals surface area contributed by atoms with E-state index >= 15 is 0 Å². The van der Waals surface area contributed by atoms with Crippen LogP contribution in [0.1, 0.15) is 19.8 Å². The van der Waals surface area contributed by atoms with Crippen molar-refractivity contribution in [2.45, 2.75) is 25.8 Å². The molecule has 0 radical (unpaired) electrons. The van der Waals surface area contributed by atoms with Gasteiger partial charge in [0.2, 0.25) is 5.91 Å². The van der Waals surface area contributed by atoms with Gasteiger partial charge in [0.15, 0.2) is 0 Å². The highest BCUT2D eigenvalue weighted by Gasteiger charge is 2.24. The summed E-state index contributed by atoms with van der Waals surface area (Å²) in [5, 5.41) is 21.9. The highest BCUT2D eigenvalue weighted by atomic mass is 16.4. The number of amides is 3. The summed E-state index contributed by atoms with van der Waals surface area (Å²) < 4.78 is 0. The van der Waals surface area contributed by atoms with Crippen molar-refractivity contribution in [1.29, 1.82) is 0 Å². The van der Waals surface area contributed by atoms with Crippen LogP contribution in [0.25, 0.3) is 0 Å². The highest BCUT2D eigenvalue weighted by molar-refractivity contribution is 5.88. The SMILES string of the molecule is CCCNC(=O)CN(C)C(=O)N[C@@H](CC(=O)O)C(=O)O. The van der Waals surface area contributed by atoms with Crippen LogP contribution in [0.3, 0.4) is 0 Å². The predicted octanol–water partition coefficient (Wildman–Crippen LogP) is -0.918. The first-order valence-electron chi connectivity index (χ1n) is 6.00. The number of urea groups is 1. The second-order valence-corrected chi connectivity index (χ2v) is 4.14. The third-order valence-electron chi connectivity index (χ3n) is 2.27. The van der Waals surface area contributed by atoms with Crippen LogP contribution in [0.15, 0.2) is 0 Å². The van der Waals surface area contributed by atoms with E-state index in [9.17, 15) is 19.2 Å². The lowest BCUT2D eigenvalue weighted by Crippen LogP contribution is -2.49. The third kappa shape index (κ3) is 7.19. The summed E-state index contributed by atoms with van der Waals surface area (Å²) in [5.41, 5.74) is 0. The molecule has 0 aromatic heterocycles. The maximum atomic E-state index is 11.6. The monoisotopic (exact) mass is 289 g/mol. The van der Waals surface area contributed by atoms with Crippen molar-refractivity contribution in [3.8, 4) is 0 Å². The summed E-state index contributed by atoms with van der Waals surface area (Å²) in [5.74, 6) is -3.18. The number of likely N-dealkylation sites (N-methyl/N-ethyl adjacent to an activating group) is 1. The highest BCUT2D eigenvalue weighted by Crippen LogP contribution is 1.95. The van der Waals surface area contributed by atoms with Gasteiger partial charge in [-0.3, -0.25) is 9.59 Å². The van der Waals surface area contributed by atoms with Crippen LogP contribution in [0.2, 0.25) is 0 Å². The minimum absolute atomic E-state index is 0.245.